The lowest BCUT2D eigenvalue weighted by Gasteiger charge is -2.44. The molecule has 1 aromatic rings. The molecule has 0 bridgehead atoms. The van der Waals surface area contributed by atoms with Gasteiger partial charge >= 0.3 is 0 Å². The lowest BCUT2D eigenvalue weighted by atomic mass is 9.94. The summed E-state index contributed by atoms with van der Waals surface area (Å²) in [6, 6.07) is 4.53. The van der Waals surface area contributed by atoms with Gasteiger partial charge in [0.05, 0.1) is 23.6 Å². The van der Waals surface area contributed by atoms with Gasteiger partial charge in [-0.3, -0.25) is 14.9 Å². The third kappa shape index (κ3) is 2.06. The molecule has 1 N–H and O–H groups in total. The second-order valence-electron chi connectivity index (χ2n) is 4.88. The second-order valence-corrected chi connectivity index (χ2v) is 4.88. The average Bonchev–Trinajstić information content (AvgIpc) is 2.24. The van der Waals surface area contributed by atoms with Crippen molar-refractivity contribution in [2.45, 2.75) is 19.4 Å². The number of β-amino-alcohol motifs (C(OH)–C–C–N with tert-alkyl or cyclic N) is 1. The van der Waals surface area contributed by atoms with Gasteiger partial charge in [0.1, 0.15) is 5.56 Å². The van der Waals surface area contributed by atoms with Crippen LogP contribution in [0.1, 0.15) is 22.8 Å². The molecule has 0 atom stereocenters. The van der Waals surface area contributed by atoms with E-state index < -0.39 is 16.4 Å². The first-order chi connectivity index (χ1) is 8.32. The van der Waals surface area contributed by atoms with Crippen LogP contribution in [0.15, 0.2) is 18.2 Å². The lowest BCUT2D eigenvalue weighted by Crippen LogP contribution is -2.61. The maximum atomic E-state index is 12.2. The van der Waals surface area contributed by atoms with Gasteiger partial charge in [0.15, 0.2) is 0 Å². The van der Waals surface area contributed by atoms with Crippen molar-refractivity contribution >= 4 is 11.6 Å². The molecular weight excluding hydrogens is 236 g/mol. The molecule has 1 aromatic carbocycles. The van der Waals surface area contributed by atoms with E-state index >= 15 is 0 Å². The zero-order valence-electron chi connectivity index (χ0n) is 10.2. The molecule has 96 valence electrons. The average molecular weight is 250 g/mol. The number of nitro benzene ring substituents is 1. The highest BCUT2D eigenvalue weighted by atomic mass is 16.6. The van der Waals surface area contributed by atoms with E-state index in [0.717, 1.165) is 0 Å². The quantitative estimate of drug-likeness (QED) is 0.629. The van der Waals surface area contributed by atoms with E-state index in [2.05, 4.69) is 0 Å². The van der Waals surface area contributed by atoms with Gasteiger partial charge in [-0.25, -0.2) is 0 Å². The molecule has 0 spiro atoms. The monoisotopic (exact) mass is 250 g/mol. The second kappa shape index (κ2) is 4.06. The summed E-state index contributed by atoms with van der Waals surface area (Å²) in [5.74, 6) is -0.397. The van der Waals surface area contributed by atoms with Crippen molar-refractivity contribution in [2.24, 2.45) is 0 Å². The number of carbonyl (C=O) groups excluding carboxylic acids is 1. The van der Waals surface area contributed by atoms with Crippen molar-refractivity contribution in [2.75, 3.05) is 13.1 Å². The summed E-state index contributed by atoms with van der Waals surface area (Å²) in [5.41, 5.74) is -0.391. The summed E-state index contributed by atoms with van der Waals surface area (Å²) in [6.45, 7) is 3.70. The van der Waals surface area contributed by atoms with Crippen LogP contribution in [0.2, 0.25) is 0 Å². The number of amides is 1. The van der Waals surface area contributed by atoms with E-state index in [1.165, 1.54) is 11.0 Å². The van der Waals surface area contributed by atoms with Crippen molar-refractivity contribution in [3.8, 4) is 0 Å². The first-order valence-corrected chi connectivity index (χ1v) is 5.57. The molecule has 2 rings (SSSR count). The number of aliphatic hydroxyl groups is 1. The molecule has 1 saturated heterocycles. The van der Waals surface area contributed by atoms with E-state index in [1.54, 1.807) is 26.0 Å². The van der Waals surface area contributed by atoms with Gasteiger partial charge < -0.3 is 10.0 Å². The summed E-state index contributed by atoms with van der Waals surface area (Å²) in [4.78, 5) is 23.9. The molecular formula is C12H14N2O4. The van der Waals surface area contributed by atoms with Crippen LogP contribution in [0.5, 0.6) is 0 Å². The molecule has 1 aliphatic rings. The van der Waals surface area contributed by atoms with Crippen LogP contribution in [-0.2, 0) is 0 Å². The first-order valence-electron chi connectivity index (χ1n) is 5.57. The molecule has 1 amide bonds. The number of carbonyl (C=O) groups is 1. The Balaban J connectivity index is 2.34. The van der Waals surface area contributed by atoms with E-state index in [9.17, 15) is 20.0 Å². The minimum absolute atomic E-state index is 0.109. The molecule has 1 heterocycles. The largest absolute Gasteiger partial charge is 0.386 e. The zero-order valence-corrected chi connectivity index (χ0v) is 10.2. The molecule has 1 aliphatic heterocycles. The van der Waals surface area contributed by atoms with Crippen LogP contribution in [0, 0.1) is 17.0 Å². The third-order valence-electron chi connectivity index (χ3n) is 3.01. The Morgan fingerprint density at radius 3 is 2.61 bits per heavy atom. The topological polar surface area (TPSA) is 83.7 Å². The smallest absolute Gasteiger partial charge is 0.282 e. The number of aryl methyl sites for hydroxylation is 1. The Morgan fingerprint density at radius 1 is 1.50 bits per heavy atom. The minimum atomic E-state index is -0.882. The van der Waals surface area contributed by atoms with Crippen molar-refractivity contribution in [1.82, 2.24) is 4.90 Å². The first kappa shape index (κ1) is 12.5. The van der Waals surface area contributed by atoms with Crippen LogP contribution in [-0.4, -0.2) is 39.5 Å². The molecule has 0 saturated carbocycles. The minimum Gasteiger partial charge on any atom is -0.386 e. The Kier molecular flexibility index (Phi) is 2.82. The predicted molar refractivity (Wildman–Crippen MR) is 64.4 cm³/mol. The van der Waals surface area contributed by atoms with Crippen LogP contribution in [0.3, 0.4) is 0 Å². The Morgan fingerprint density at radius 2 is 2.11 bits per heavy atom. The van der Waals surface area contributed by atoms with Crippen LogP contribution < -0.4 is 0 Å². The lowest BCUT2D eigenvalue weighted by molar-refractivity contribution is -0.385. The highest BCUT2D eigenvalue weighted by Gasteiger charge is 2.41. The molecule has 0 aromatic heterocycles. The third-order valence-corrected chi connectivity index (χ3v) is 3.01. The fourth-order valence-electron chi connectivity index (χ4n) is 2.16. The fourth-order valence-corrected chi connectivity index (χ4v) is 2.16. The fraction of sp³-hybridized carbons (Fsp3) is 0.417. The summed E-state index contributed by atoms with van der Waals surface area (Å²) in [7, 11) is 0. The van der Waals surface area contributed by atoms with Gasteiger partial charge in [0.25, 0.3) is 11.6 Å². The zero-order chi connectivity index (χ0) is 13.5. The summed E-state index contributed by atoms with van der Waals surface area (Å²) in [5, 5.41) is 20.5. The van der Waals surface area contributed by atoms with Crippen LogP contribution in [0.4, 0.5) is 5.69 Å². The number of hydrogen-bond acceptors (Lipinski definition) is 4. The maximum absolute atomic E-state index is 12.2. The molecule has 1 fully saturated rings. The maximum Gasteiger partial charge on any atom is 0.282 e. The standard InChI is InChI=1S/C12H14N2O4/c1-8-4-3-5-9(14(17)18)10(8)11(15)13-6-12(2,16)7-13/h3-5,16H,6-7H2,1-2H3. The van der Waals surface area contributed by atoms with Crippen LogP contribution in [0.25, 0.3) is 0 Å². The van der Waals surface area contributed by atoms with E-state index in [-0.39, 0.29) is 24.3 Å². The summed E-state index contributed by atoms with van der Waals surface area (Å²) >= 11 is 0. The van der Waals surface area contributed by atoms with E-state index in [4.69, 9.17) is 0 Å². The Bertz CT molecular complexity index is 517. The van der Waals surface area contributed by atoms with Gasteiger partial charge in [-0.15, -0.1) is 0 Å². The Labute approximate surface area is 104 Å². The highest BCUT2D eigenvalue weighted by molar-refractivity contribution is 6.00. The van der Waals surface area contributed by atoms with Crippen molar-refractivity contribution < 1.29 is 14.8 Å². The van der Waals surface area contributed by atoms with Gasteiger partial charge in [0, 0.05) is 6.07 Å². The van der Waals surface area contributed by atoms with Gasteiger partial charge in [-0.05, 0) is 19.4 Å². The van der Waals surface area contributed by atoms with Gasteiger partial charge in [-0.1, -0.05) is 12.1 Å². The number of hydrogen-bond donors (Lipinski definition) is 1. The summed E-state index contributed by atoms with van der Waals surface area (Å²) < 4.78 is 0. The van der Waals surface area contributed by atoms with E-state index in [0.29, 0.717) is 5.56 Å². The SMILES string of the molecule is Cc1cccc([N+](=O)[O-])c1C(=O)N1CC(C)(O)C1. The number of likely N-dealkylation sites (tertiary alicyclic amines) is 1. The summed E-state index contributed by atoms with van der Waals surface area (Å²) in [6.07, 6.45) is 0. The molecule has 6 nitrogen and oxygen atoms in total. The van der Waals surface area contributed by atoms with Crippen LogP contribution >= 0.6 is 0 Å². The molecule has 18 heavy (non-hydrogen) atoms. The normalized spacial score (nSPS) is 17.2. The predicted octanol–water partition coefficient (Wildman–Crippen LogP) is 1.11. The van der Waals surface area contributed by atoms with Gasteiger partial charge in [-0.2, -0.15) is 0 Å². The molecule has 6 heteroatoms. The number of nitrogens with zero attached hydrogens (tertiary/aromatic N) is 2. The Hall–Kier alpha value is -1.95. The van der Waals surface area contributed by atoms with Crippen molar-refractivity contribution in [3.63, 3.8) is 0 Å². The number of rotatable bonds is 2. The van der Waals surface area contributed by atoms with Gasteiger partial charge in [0.2, 0.25) is 0 Å². The number of nitro groups is 1. The van der Waals surface area contributed by atoms with Crippen molar-refractivity contribution in [1.29, 1.82) is 0 Å². The van der Waals surface area contributed by atoms with Crippen molar-refractivity contribution in [3.05, 3.63) is 39.4 Å². The number of benzene rings is 1. The van der Waals surface area contributed by atoms with E-state index in [1.807, 2.05) is 0 Å². The molecule has 0 radical (unpaired) electrons. The molecule has 0 aliphatic carbocycles. The highest BCUT2D eigenvalue weighted by Crippen LogP contribution is 2.28. The molecule has 0 unspecified atom stereocenters.